The summed E-state index contributed by atoms with van der Waals surface area (Å²) in [6.07, 6.45) is 20.8. The summed E-state index contributed by atoms with van der Waals surface area (Å²) >= 11 is 0. The Balaban J connectivity index is 1.44. The largest absolute Gasteiger partial charge is 0.324 e. The molecule has 3 aliphatic rings. The van der Waals surface area contributed by atoms with E-state index in [0.717, 1.165) is 29.7 Å². The van der Waals surface area contributed by atoms with Crippen molar-refractivity contribution in [1.29, 1.82) is 5.26 Å². The predicted octanol–water partition coefficient (Wildman–Crippen LogP) is 7.82. The van der Waals surface area contributed by atoms with E-state index in [1.807, 2.05) is 24.3 Å². The summed E-state index contributed by atoms with van der Waals surface area (Å²) in [5.74, 6) is 3.22. The molecule has 31 heavy (non-hydrogen) atoms. The Bertz CT molecular complexity index is 938. The highest BCUT2D eigenvalue weighted by Gasteiger charge is 2.27. The molecule has 4 atom stereocenters. The zero-order chi connectivity index (χ0) is 21.8. The number of nitrogens with zero attached hydrogens (tertiary/aromatic N) is 2. The van der Waals surface area contributed by atoms with E-state index in [4.69, 9.17) is 5.26 Å². The fourth-order valence-electron chi connectivity index (χ4n) is 5.59. The first-order chi connectivity index (χ1) is 15.0. The molecule has 1 fully saturated rings. The van der Waals surface area contributed by atoms with E-state index in [2.05, 4.69) is 62.4 Å². The van der Waals surface area contributed by atoms with Gasteiger partial charge in [-0.25, -0.2) is 0 Å². The second-order valence-corrected chi connectivity index (χ2v) is 9.92. The van der Waals surface area contributed by atoms with Gasteiger partial charge >= 0.3 is 0 Å². The van der Waals surface area contributed by atoms with Crippen molar-refractivity contribution in [2.75, 3.05) is 0 Å². The Labute approximate surface area is 188 Å². The first-order valence-electron chi connectivity index (χ1n) is 12.1. The molecule has 0 saturated heterocycles. The highest BCUT2D eigenvalue weighted by atomic mass is 15.1. The van der Waals surface area contributed by atoms with Crippen LogP contribution in [0.2, 0.25) is 0 Å². The topological polar surface area (TPSA) is 27.0 Å². The molecule has 4 rings (SSSR count). The normalized spacial score (nSPS) is 26.7. The molecule has 2 nitrogen and oxygen atoms in total. The smallest absolute Gasteiger partial charge is 0.0991 e. The third-order valence-corrected chi connectivity index (χ3v) is 7.78. The van der Waals surface area contributed by atoms with Crippen LogP contribution in [-0.2, 0) is 0 Å². The van der Waals surface area contributed by atoms with Crippen LogP contribution in [-0.4, -0.2) is 4.90 Å². The van der Waals surface area contributed by atoms with Crippen molar-refractivity contribution in [2.45, 2.75) is 65.7 Å². The van der Waals surface area contributed by atoms with Gasteiger partial charge in [-0.1, -0.05) is 63.8 Å². The van der Waals surface area contributed by atoms with Crippen molar-refractivity contribution in [3.05, 3.63) is 77.3 Å². The highest BCUT2D eigenvalue weighted by molar-refractivity contribution is 5.77. The zero-order valence-corrected chi connectivity index (χ0v) is 19.3. The summed E-state index contributed by atoms with van der Waals surface area (Å²) in [6.45, 7) is 7.34. The quantitative estimate of drug-likeness (QED) is 0.493. The summed E-state index contributed by atoms with van der Waals surface area (Å²) < 4.78 is 0. The third-order valence-electron chi connectivity index (χ3n) is 7.78. The molecule has 2 heteroatoms. The van der Waals surface area contributed by atoms with Gasteiger partial charge in [0.1, 0.15) is 0 Å². The molecule has 1 aliphatic carbocycles. The fraction of sp³-hybridized carbons (Fsp3) is 0.483. The van der Waals surface area contributed by atoms with E-state index in [-0.39, 0.29) is 0 Å². The van der Waals surface area contributed by atoms with Crippen LogP contribution < -0.4 is 0 Å². The Morgan fingerprint density at radius 1 is 1.13 bits per heavy atom. The maximum absolute atomic E-state index is 9.04. The van der Waals surface area contributed by atoms with Crippen molar-refractivity contribution in [1.82, 2.24) is 4.90 Å². The Hall–Kier alpha value is -2.53. The van der Waals surface area contributed by atoms with Gasteiger partial charge in [-0.15, -0.1) is 0 Å². The van der Waals surface area contributed by atoms with Crippen molar-refractivity contribution in [2.24, 2.45) is 23.7 Å². The van der Waals surface area contributed by atoms with Crippen LogP contribution in [0, 0.1) is 35.0 Å². The van der Waals surface area contributed by atoms with E-state index in [9.17, 15) is 0 Å². The van der Waals surface area contributed by atoms with E-state index < -0.39 is 0 Å². The lowest BCUT2D eigenvalue weighted by molar-refractivity contribution is 0.177. The summed E-state index contributed by atoms with van der Waals surface area (Å²) in [5, 5.41) is 9.04. The minimum absolute atomic E-state index is 0.592. The lowest BCUT2D eigenvalue weighted by Gasteiger charge is -2.34. The average Bonchev–Trinajstić information content (AvgIpc) is 2.96. The standard InChI is InChI=1S/C29H36N2/c1-21-9-15-28-18-26(25-13-10-24(19-30)11-14-25)16-17-31(28)20-27(21)12-8-23(3)29-7-5-4-6-22(29)2/h10-11,13-18,20-23,29H,4-9,12H2,1-3H3. The van der Waals surface area contributed by atoms with Crippen molar-refractivity contribution < 1.29 is 0 Å². The van der Waals surface area contributed by atoms with Gasteiger partial charge in [0.05, 0.1) is 11.6 Å². The monoisotopic (exact) mass is 412 g/mol. The van der Waals surface area contributed by atoms with Crippen LogP contribution in [0.25, 0.3) is 5.57 Å². The molecule has 0 spiro atoms. The van der Waals surface area contributed by atoms with Gasteiger partial charge in [0, 0.05) is 18.1 Å². The Kier molecular flexibility index (Phi) is 6.81. The first-order valence-corrected chi connectivity index (χ1v) is 12.1. The minimum Gasteiger partial charge on any atom is -0.324 e. The van der Waals surface area contributed by atoms with Gasteiger partial charge in [-0.3, -0.25) is 0 Å². The molecule has 0 bridgehead atoms. The number of hydrogen-bond donors (Lipinski definition) is 0. The molecular weight excluding hydrogens is 376 g/mol. The maximum Gasteiger partial charge on any atom is 0.0991 e. The molecule has 2 heterocycles. The van der Waals surface area contributed by atoms with Crippen molar-refractivity contribution >= 4 is 5.57 Å². The molecule has 1 aromatic rings. The second kappa shape index (κ2) is 9.73. The van der Waals surface area contributed by atoms with Crippen LogP contribution in [0.4, 0.5) is 0 Å². The van der Waals surface area contributed by atoms with E-state index in [1.54, 1.807) is 5.57 Å². The summed E-state index contributed by atoms with van der Waals surface area (Å²) in [7, 11) is 0. The fourth-order valence-corrected chi connectivity index (χ4v) is 5.59. The number of rotatable bonds is 5. The number of nitriles is 1. The molecule has 0 radical (unpaired) electrons. The SMILES string of the molecule is CC1CC=C2C=C(c3ccc(C#N)cc3)C=CN2C=C1CCC(C)C1CCCCC1C. The molecule has 1 aromatic carbocycles. The molecular formula is C29H36N2. The summed E-state index contributed by atoms with van der Waals surface area (Å²) in [4.78, 5) is 2.31. The van der Waals surface area contributed by atoms with E-state index >= 15 is 0 Å². The molecule has 0 aromatic heterocycles. The third kappa shape index (κ3) is 5.04. The second-order valence-electron chi connectivity index (χ2n) is 9.92. The van der Waals surface area contributed by atoms with E-state index in [1.165, 1.54) is 49.8 Å². The molecule has 0 N–H and O–H groups in total. The van der Waals surface area contributed by atoms with Crippen LogP contribution in [0.15, 0.2) is 66.2 Å². The van der Waals surface area contributed by atoms with Gasteiger partial charge in [0.2, 0.25) is 0 Å². The number of benzene rings is 1. The highest BCUT2D eigenvalue weighted by Crippen LogP contribution is 2.38. The van der Waals surface area contributed by atoms with E-state index in [0.29, 0.717) is 11.5 Å². The van der Waals surface area contributed by atoms with Gasteiger partial charge < -0.3 is 4.90 Å². The summed E-state index contributed by atoms with van der Waals surface area (Å²) in [6, 6.07) is 10.1. The zero-order valence-electron chi connectivity index (χ0n) is 19.3. The van der Waals surface area contributed by atoms with Crippen LogP contribution in [0.1, 0.15) is 76.8 Å². The van der Waals surface area contributed by atoms with Crippen molar-refractivity contribution in [3.63, 3.8) is 0 Å². The molecule has 2 aliphatic heterocycles. The molecule has 0 amide bonds. The molecule has 4 unspecified atom stereocenters. The van der Waals surface area contributed by atoms with Crippen LogP contribution in [0.5, 0.6) is 0 Å². The first kappa shape index (κ1) is 21.7. The minimum atomic E-state index is 0.592. The molecule has 1 saturated carbocycles. The van der Waals surface area contributed by atoms with Gasteiger partial charge in [0.15, 0.2) is 0 Å². The van der Waals surface area contributed by atoms with Gasteiger partial charge in [-0.2, -0.15) is 5.26 Å². The lowest BCUT2D eigenvalue weighted by Crippen LogP contribution is -2.23. The number of hydrogen-bond acceptors (Lipinski definition) is 2. The van der Waals surface area contributed by atoms with Gasteiger partial charge in [-0.05, 0) is 84.8 Å². The van der Waals surface area contributed by atoms with Crippen LogP contribution in [0.3, 0.4) is 0 Å². The summed E-state index contributed by atoms with van der Waals surface area (Å²) in [5.41, 5.74) is 5.92. The molecule has 162 valence electrons. The lowest BCUT2D eigenvalue weighted by atomic mass is 9.72. The van der Waals surface area contributed by atoms with Crippen LogP contribution >= 0.6 is 0 Å². The average molecular weight is 413 g/mol. The Morgan fingerprint density at radius 3 is 2.65 bits per heavy atom. The van der Waals surface area contributed by atoms with Crippen molar-refractivity contribution in [3.8, 4) is 6.07 Å². The number of fused-ring (bicyclic) bond motifs is 1. The maximum atomic E-state index is 9.04. The van der Waals surface area contributed by atoms with Gasteiger partial charge in [0.25, 0.3) is 0 Å². The predicted molar refractivity (Wildman–Crippen MR) is 130 cm³/mol. The Morgan fingerprint density at radius 2 is 1.90 bits per heavy atom. The number of allylic oxidation sites excluding steroid dienone is 5.